The Labute approximate surface area is 579 Å². The van der Waals surface area contributed by atoms with Crippen LogP contribution in [0.2, 0.25) is 10.1 Å². The van der Waals surface area contributed by atoms with E-state index in [1.54, 1.807) is 127 Å². The highest BCUT2D eigenvalue weighted by Crippen LogP contribution is 2.56. The van der Waals surface area contributed by atoms with Gasteiger partial charge < -0.3 is 79.9 Å². The fraction of sp³-hybridized carbons (Fsp3) is 0.368. The van der Waals surface area contributed by atoms with E-state index in [2.05, 4.69) is 0 Å². The molecule has 12 rings (SSSR count). The molecule has 23 nitrogen and oxygen atoms in total. The third kappa shape index (κ3) is 15.4. The highest BCUT2D eigenvalue weighted by Gasteiger charge is 2.68. The van der Waals surface area contributed by atoms with E-state index in [0.717, 1.165) is 7.11 Å². The summed E-state index contributed by atoms with van der Waals surface area (Å²) in [6.45, 7) is 11.5. The van der Waals surface area contributed by atoms with Crippen molar-refractivity contribution in [2.24, 2.45) is 0 Å². The maximum atomic E-state index is 15.3. The summed E-state index contributed by atoms with van der Waals surface area (Å²) in [5, 5.41) is -1.49. The summed E-state index contributed by atoms with van der Waals surface area (Å²) in [6.07, 6.45) is -26.3. The number of carbonyl (C=O) groups is 6. The van der Waals surface area contributed by atoms with Crippen molar-refractivity contribution in [1.29, 1.82) is 0 Å². The van der Waals surface area contributed by atoms with Gasteiger partial charge in [0.25, 0.3) is 0 Å². The van der Waals surface area contributed by atoms with Gasteiger partial charge in [-0.2, -0.15) is 0 Å². The van der Waals surface area contributed by atoms with Gasteiger partial charge in [0, 0.05) is 15.6 Å². The summed E-state index contributed by atoms with van der Waals surface area (Å²) < 4.78 is 114. The average molecular weight is 1390 g/mol. The first kappa shape index (κ1) is 70.7. The van der Waals surface area contributed by atoms with Gasteiger partial charge >= 0.3 is 44.4 Å². The van der Waals surface area contributed by atoms with E-state index < -0.39 is 153 Å². The first-order valence-electron chi connectivity index (χ1n) is 32.8. The molecule has 7 aromatic carbocycles. The second-order valence-electron chi connectivity index (χ2n) is 26.4. The predicted octanol–water partition coefficient (Wildman–Crippen LogP) is 10.9. The zero-order valence-electron chi connectivity index (χ0n) is 56.2. The lowest BCUT2D eigenvalue weighted by Crippen LogP contribution is -2.74. The fourth-order valence-electron chi connectivity index (χ4n) is 13.1. The van der Waals surface area contributed by atoms with Crippen LogP contribution in [-0.4, -0.2) is 164 Å². The molecule has 0 aliphatic carbocycles. The Morgan fingerprint density at radius 1 is 0.390 bits per heavy atom. The predicted molar refractivity (Wildman–Crippen MR) is 356 cm³/mol. The lowest BCUT2D eigenvalue weighted by molar-refractivity contribution is -0.394. The highest BCUT2D eigenvalue weighted by atomic mass is 28.4. The summed E-state index contributed by atoms with van der Waals surface area (Å²) in [4.78, 5) is 89.0. The smallest absolute Gasteiger partial charge is 0.349 e. The molecule has 0 spiro atoms. The minimum Gasteiger partial charge on any atom is -0.497 e. The fourth-order valence-corrected chi connectivity index (χ4v) is 18.1. The molecule has 100 heavy (non-hydrogen) atoms. The number of methoxy groups -OCH3 is 2. The number of ether oxygens (including phenoxy) is 15. The second kappa shape index (κ2) is 30.7. The Bertz CT molecular complexity index is 3900. The van der Waals surface area contributed by atoms with Gasteiger partial charge in [0.15, 0.2) is 55.5 Å². The highest BCUT2D eigenvalue weighted by molar-refractivity contribution is 6.73. The van der Waals surface area contributed by atoms with Gasteiger partial charge in [-0.15, -0.1) is 0 Å². The number of rotatable bonds is 19. The van der Waals surface area contributed by atoms with Crippen molar-refractivity contribution in [2.45, 2.75) is 150 Å². The monoisotopic (exact) mass is 1390 g/mol. The van der Waals surface area contributed by atoms with Crippen LogP contribution in [0.15, 0.2) is 206 Å². The van der Waals surface area contributed by atoms with Crippen molar-refractivity contribution in [2.75, 3.05) is 27.4 Å². The molecule has 5 saturated heterocycles. The van der Waals surface area contributed by atoms with E-state index in [4.69, 9.17) is 79.9 Å². The lowest BCUT2D eigenvalue weighted by atomic mass is 9.94. The number of carbonyl (C=O) groups excluding carboxylic acids is 6. The molecule has 0 N–H and O–H groups in total. The molecule has 0 unspecified atom stereocenters. The topological polar surface area (TPSA) is 259 Å². The molecule has 5 aliphatic heterocycles. The first-order chi connectivity index (χ1) is 48.2. The zero-order chi connectivity index (χ0) is 70.3. The Kier molecular flexibility index (Phi) is 21.7. The van der Waals surface area contributed by atoms with Gasteiger partial charge in [0.2, 0.25) is 6.29 Å². The van der Waals surface area contributed by atoms with Crippen molar-refractivity contribution < 1.29 is 109 Å². The number of hydrogen-bond donors (Lipinski definition) is 0. The molecule has 5 fully saturated rings. The third-order valence-electron chi connectivity index (χ3n) is 17.8. The summed E-state index contributed by atoms with van der Waals surface area (Å²) in [5.74, 6) is -5.16. The molecule has 5 aliphatic rings. The zero-order valence-corrected chi connectivity index (χ0v) is 57.2. The molecule has 16 atom stereocenters. The minimum atomic E-state index is -3.74. The normalized spacial score (nSPS) is 27.8. The van der Waals surface area contributed by atoms with Crippen LogP contribution in [0.1, 0.15) is 105 Å². The molecule has 24 heteroatoms. The number of esters is 6. The van der Waals surface area contributed by atoms with E-state index in [-0.39, 0.29) is 46.8 Å². The number of benzene rings is 7. The van der Waals surface area contributed by atoms with Gasteiger partial charge in [-0.05, 0) is 84.9 Å². The standard InChI is InChI=1S/C76H78O23Si/c1-75(2,3)100(76(4,5)6)86-44-54-56(99-100)58(97-74-64(94-69(81)49-35-23-13-24-36-49)60(91-66(78)46-29-17-10-18-30-46)59(61(98-74)70(82)84-8)90-65(77)45-27-15-9-16-28-45)63(93-68(80)48-33-21-12-22-34-48)73(89-54)96-57-55-53(43-85-71(95-55)50-37-25-14-26-38-50)88-72(87-52-41-39-51(83-7)40-42-52)62(57)92-67(79)47-31-19-11-20-32-47/h9-42,53-64,71-74H,43-44H2,1-8H3/t53-,54-,55+,56+,57+,58+,59+,60+,61+,62-,63-,64-,71+,72-,73+,74-/m1/s1. The first-order valence-corrected chi connectivity index (χ1v) is 34.6. The second-order valence-corrected chi connectivity index (χ2v) is 31.2. The molecule has 0 amide bonds. The molecular weight excluding hydrogens is 1310 g/mol. The van der Waals surface area contributed by atoms with Crippen molar-refractivity contribution in [3.05, 3.63) is 240 Å². The molecular formula is C76H78O23Si. The lowest BCUT2D eigenvalue weighted by Gasteiger charge is -2.58. The van der Waals surface area contributed by atoms with E-state index in [0.29, 0.717) is 11.3 Å². The maximum Gasteiger partial charge on any atom is 0.349 e. The van der Waals surface area contributed by atoms with Gasteiger partial charge in [-0.1, -0.05) is 163 Å². The molecule has 0 bridgehead atoms. The molecule has 7 aromatic rings. The maximum absolute atomic E-state index is 15.3. The summed E-state index contributed by atoms with van der Waals surface area (Å²) >= 11 is 0. The van der Waals surface area contributed by atoms with Crippen LogP contribution >= 0.6 is 0 Å². The van der Waals surface area contributed by atoms with E-state index in [1.165, 1.54) is 55.6 Å². The van der Waals surface area contributed by atoms with Crippen molar-refractivity contribution >= 4 is 44.4 Å². The van der Waals surface area contributed by atoms with Crippen LogP contribution in [-0.2, 0) is 75.2 Å². The average Bonchev–Trinajstić information content (AvgIpc) is 0.729. The Morgan fingerprint density at radius 3 is 1.20 bits per heavy atom. The van der Waals surface area contributed by atoms with Crippen LogP contribution in [0.5, 0.6) is 11.5 Å². The molecule has 0 aromatic heterocycles. The number of fused-ring (bicyclic) bond motifs is 2. The van der Waals surface area contributed by atoms with Crippen LogP contribution in [0.4, 0.5) is 0 Å². The van der Waals surface area contributed by atoms with Crippen LogP contribution in [0, 0.1) is 0 Å². The third-order valence-corrected chi connectivity index (χ3v) is 22.9. The van der Waals surface area contributed by atoms with Gasteiger partial charge in [-0.3, -0.25) is 0 Å². The molecule has 524 valence electrons. The summed E-state index contributed by atoms with van der Waals surface area (Å²) in [7, 11) is -1.15. The molecule has 5 heterocycles. The Balaban J connectivity index is 1.04. The molecule has 0 radical (unpaired) electrons. The van der Waals surface area contributed by atoms with Crippen LogP contribution in [0.25, 0.3) is 0 Å². The van der Waals surface area contributed by atoms with Gasteiger partial charge in [0.1, 0.15) is 48.1 Å². The van der Waals surface area contributed by atoms with Crippen molar-refractivity contribution in [1.82, 2.24) is 0 Å². The summed E-state index contributed by atoms with van der Waals surface area (Å²) in [6, 6.07) is 55.3. The van der Waals surface area contributed by atoms with Gasteiger partial charge in [0.05, 0.1) is 55.3 Å². The van der Waals surface area contributed by atoms with E-state index >= 15 is 4.79 Å². The van der Waals surface area contributed by atoms with Crippen molar-refractivity contribution in [3.63, 3.8) is 0 Å². The Morgan fingerprint density at radius 2 is 0.760 bits per heavy atom. The summed E-state index contributed by atoms with van der Waals surface area (Å²) in [5.41, 5.74) is 0.849. The largest absolute Gasteiger partial charge is 0.497 e. The van der Waals surface area contributed by atoms with E-state index in [1.807, 2.05) is 71.9 Å². The van der Waals surface area contributed by atoms with Crippen molar-refractivity contribution in [3.8, 4) is 11.5 Å². The Hall–Kier alpha value is -9.18. The van der Waals surface area contributed by atoms with Crippen LogP contribution < -0.4 is 9.47 Å². The minimum absolute atomic E-state index is 0.00636. The SMILES string of the molecule is COC(=O)[C@H]1O[C@@H](O[C@H]2[C@H]3O[Si](C(C)(C)C)(C(C)(C)C)OC[C@H]3O[C@@H](O[C@H]3[C@H]4O[C@@H](c5ccccc5)OC[C@H]4O[C@@H](Oc4ccc(OC)cc4)[C@@H]3OC(=O)c3ccccc3)[C@@H]2OC(=O)c2ccccc2)[C@H](OC(=O)c2ccccc2)[C@@H](OC(=O)c2ccccc2)[C@@H]1OC(=O)c1ccccc1. The number of hydrogen-bond acceptors (Lipinski definition) is 23. The molecule has 0 saturated carbocycles. The van der Waals surface area contributed by atoms with Crippen LogP contribution in [0.3, 0.4) is 0 Å². The quantitative estimate of drug-likeness (QED) is 0.0414. The van der Waals surface area contributed by atoms with Gasteiger partial charge in [-0.25, -0.2) is 28.8 Å². The van der Waals surface area contributed by atoms with E-state index in [9.17, 15) is 24.0 Å².